The predicted molar refractivity (Wildman–Crippen MR) is 313 cm³/mol. The van der Waals surface area contributed by atoms with Gasteiger partial charge in [-0.3, -0.25) is 4.79 Å². The Labute approximate surface area is 548 Å². The molecule has 4 saturated carbocycles. The van der Waals surface area contributed by atoms with E-state index in [0.29, 0.717) is 32.1 Å². The molecule has 546 valence electrons. The fourth-order valence-electron chi connectivity index (χ4n) is 18.9. The Kier molecular flexibility index (Phi) is 21.3. The van der Waals surface area contributed by atoms with Gasteiger partial charge in [-0.25, -0.2) is 0 Å². The Balaban J connectivity index is 0.796. The van der Waals surface area contributed by atoms with Crippen LogP contribution in [0.3, 0.4) is 0 Å². The molecule has 0 amide bonds. The van der Waals surface area contributed by atoms with Crippen molar-refractivity contribution < 1.29 is 159 Å². The average Bonchev–Trinajstić information content (AvgIpc) is 0.927. The van der Waals surface area contributed by atoms with Crippen molar-refractivity contribution in [3.05, 3.63) is 11.6 Å². The van der Waals surface area contributed by atoms with Crippen molar-refractivity contribution in [2.75, 3.05) is 46.2 Å². The summed E-state index contributed by atoms with van der Waals surface area (Å²) in [6.45, 7) is 9.12. The van der Waals surface area contributed by atoms with E-state index in [4.69, 9.17) is 56.8 Å². The highest BCUT2D eigenvalue weighted by molar-refractivity contribution is 5.80. The lowest BCUT2D eigenvalue weighted by Crippen LogP contribution is -2.71. The average molecular weight is 1370 g/mol. The molecule has 0 bridgehead atoms. The minimum Gasteiger partial charge on any atom is -0.432 e. The van der Waals surface area contributed by atoms with Crippen molar-refractivity contribution in [1.29, 1.82) is 0 Å². The van der Waals surface area contributed by atoms with Crippen LogP contribution in [0.2, 0.25) is 0 Å². The highest BCUT2D eigenvalue weighted by Crippen LogP contribution is 2.76. The van der Waals surface area contributed by atoms with E-state index in [1.54, 1.807) is 6.92 Å². The topological polar surface area (TPSA) is 512 Å². The monoisotopic (exact) mass is 1370 g/mol. The van der Waals surface area contributed by atoms with Gasteiger partial charge in [0.05, 0.1) is 70.7 Å². The maximum absolute atomic E-state index is 15.5. The van der Waals surface area contributed by atoms with Gasteiger partial charge in [-0.1, -0.05) is 53.2 Å². The fraction of sp³-hybridized carbons (Fsp3) is 0.952. The number of allylic oxidation sites excluding steroid dienone is 2. The van der Waals surface area contributed by atoms with E-state index in [-0.39, 0.29) is 36.5 Å². The minimum absolute atomic E-state index is 0.0729. The van der Waals surface area contributed by atoms with Crippen LogP contribution in [0.15, 0.2) is 11.6 Å². The number of fused-ring (bicyclic) bond motifs is 7. The zero-order valence-corrected chi connectivity index (χ0v) is 54.4. The number of esters is 1. The van der Waals surface area contributed by atoms with Gasteiger partial charge in [0.1, 0.15) is 115 Å². The van der Waals surface area contributed by atoms with Crippen molar-refractivity contribution in [2.45, 2.75) is 277 Å². The van der Waals surface area contributed by atoms with E-state index < -0.39 is 263 Å². The molecule has 32 heteroatoms. The molecule has 6 heterocycles. The second-order valence-corrected chi connectivity index (χ2v) is 30.8. The van der Waals surface area contributed by atoms with E-state index in [1.165, 1.54) is 6.92 Å². The molecule has 37 unspecified atom stereocenters. The number of ether oxygens (including phenoxy) is 12. The normalized spacial score (nSPS) is 55.5. The third-order valence-electron chi connectivity index (χ3n) is 24.7. The van der Waals surface area contributed by atoms with Gasteiger partial charge < -0.3 is 154 Å². The number of carbonyl (C=O) groups excluding carboxylic acids is 1. The Hall–Kier alpha value is -1.99. The summed E-state index contributed by atoms with van der Waals surface area (Å²) in [5.74, 6) is -2.12. The summed E-state index contributed by atoms with van der Waals surface area (Å²) in [5.41, 5.74) is -6.58. The molecule has 0 radical (unpaired) electrons. The summed E-state index contributed by atoms with van der Waals surface area (Å²) in [6.07, 6.45) is -41.9. The molecule has 11 aliphatic rings. The maximum Gasteiger partial charge on any atom is 0.317 e. The fourth-order valence-corrected chi connectivity index (χ4v) is 18.9. The summed E-state index contributed by atoms with van der Waals surface area (Å²) in [5, 5.41) is 210. The first-order valence-corrected chi connectivity index (χ1v) is 33.2. The summed E-state index contributed by atoms with van der Waals surface area (Å²) in [4.78, 5) is 15.5. The minimum atomic E-state index is -2.09. The Bertz CT molecular complexity index is 2700. The number of hydrogen-bond donors (Lipinski definition) is 19. The van der Waals surface area contributed by atoms with Crippen LogP contribution in [0.4, 0.5) is 0 Å². The van der Waals surface area contributed by atoms with E-state index in [0.717, 1.165) is 5.57 Å². The molecule has 0 aromatic heterocycles. The summed E-state index contributed by atoms with van der Waals surface area (Å²) < 4.78 is 70.5. The van der Waals surface area contributed by atoms with Crippen LogP contribution in [0.1, 0.15) is 99.8 Å². The van der Waals surface area contributed by atoms with Crippen LogP contribution in [-0.2, 0) is 61.6 Å². The third kappa shape index (κ3) is 12.3. The molecule has 6 aliphatic heterocycles. The zero-order chi connectivity index (χ0) is 69.4. The van der Waals surface area contributed by atoms with Gasteiger partial charge in [0.15, 0.2) is 37.6 Å². The van der Waals surface area contributed by atoms with Crippen LogP contribution in [0.25, 0.3) is 0 Å². The van der Waals surface area contributed by atoms with Gasteiger partial charge >= 0.3 is 5.97 Å². The molecule has 32 nitrogen and oxygen atoms in total. The lowest BCUT2D eigenvalue weighted by Gasteiger charge is -2.72. The highest BCUT2D eigenvalue weighted by Gasteiger charge is 2.74. The van der Waals surface area contributed by atoms with Gasteiger partial charge in [0.25, 0.3) is 0 Å². The van der Waals surface area contributed by atoms with E-state index in [9.17, 15) is 97.0 Å². The lowest BCUT2D eigenvalue weighted by molar-refractivity contribution is -0.375. The quantitative estimate of drug-likeness (QED) is 0.0388. The largest absolute Gasteiger partial charge is 0.432 e. The van der Waals surface area contributed by atoms with Gasteiger partial charge in [0.2, 0.25) is 6.29 Å². The Morgan fingerprint density at radius 1 is 0.537 bits per heavy atom. The van der Waals surface area contributed by atoms with E-state index in [1.807, 2.05) is 0 Å². The molecule has 10 fully saturated rings. The van der Waals surface area contributed by atoms with Gasteiger partial charge in [-0.15, -0.1) is 0 Å². The molecule has 6 saturated heterocycles. The second-order valence-electron chi connectivity index (χ2n) is 30.8. The number of aliphatic hydroxyl groups is 19. The van der Waals surface area contributed by atoms with Crippen LogP contribution >= 0.6 is 0 Å². The highest BCUT2D eigenvalue weighted by atomic mass is 16.8. The molecule has 5 aliphatic carbocycles. The summed E-state index contributed by atoms with van der Waals surface area (Å²) in [7, 11) is 0. The van der Waals surface area contributed by atoms with Gasteiger partial charge in [-0.05, 0) is 97.7 Å². The van der Waals surface area contributed by atoms with Crippen molar-refractivity contribution in [2.24, 2.45) is 50.2 Å². The van der Waals surface area contributed by atoms with E-state index in [2.05, 4.69) is 40.7 Å². The first-order valence-electron chi connectivity index (χ1n) is 33.2. The smallest absolute Gasteiger partial charge is 0.317 e. The molecular weight excluding hydrogens is 1270 g/mol. The number of aliphatic hydroxyl groups excluding tert-OH is 18. The molecular formula is C63H102O32. The van der Waals surface area contributed by atoms with Gasteiger partial charge in [-0.2, -0.15) is 0 Å². The van der Waals surface area contributed by atoms with E-state index >= 15 is 4.79 Å². The first-order chi connectivity index (χ1) is 44.5. The molecule has 95 heavy (non-hydrogen) atoms. The predicted octanol–water partition coefficient (Wildman–Crippen LogP) is -6.53. The Morgan fingerprint density at radius 2 is 1.13 bits per heavy atom. The first kappa shape index (κ1) is 74.2. The number of rotatable bonds is 16. The van der Waals surface area contributed by atoms with Crippen LogP contribution < -0.4 is 0 Å². The summed E-state index contributed by atoms with van der Waals surface area (Å²) in [6, 6.07) is 0. The third-order valence-corrected chi connectivity index (χ3v) is 24.7. The Morgan fingerprint density at radius 3 is 1.78 bits per heavy atom. The molecule has 11 rings (SSSR count). The summed E-state index contributed by atoms with van der Waals surface area (Å²) >= 11 is 0. The van der Waals surface area contributed by atoms with Crippen LogP contribution in [0.5, 0.6) is 0 Å². The number of hydrogen-bond acceptors (Lipinski definition) is 32. The molecule has 0 spiro atoms. The van der Waals surface area contributed by atoms with Crippen molar-refractivity contribution in [3.8, 4) is 0 Å². The SMILES string of the molecule is CC1OC(OC2C(OC(=O)C34CCC(C)(C)CC3C3=CCC5C6(C)CC(O)C(OC7OC(CO)C(O)C(OC8OC(CO)C(O)C(O)C8O)C7O)C(C)(CO)C6CCC5(C)C3(C)CC4O)OCC(O)C2O)C(O)C(O)C1OC1OCC(O)C(OC2OCC(O)(CO)C2O)C1O. The zero-order valence-electron chi connectivity index (χ0n) is 54.4. The second kappa shape index (κ2) is 27.3. The lowest BCUT2D eigenvalue weighted by atomic mass is 9.33. The van der Waals surface area contributed by atoms with Crippen molar-refractivity contribution in [3.63, 3.8) is 0 Å². The van der Waals surface area contributed by atoms with Crippen LogP contribution in [-0.4, -0.2) is 327 Å². The molecule has 19 N–H and O–H groups in total. The van der Waals surface area contributed by atoms with Crippen molar-refractivity contribution in [1.82, 2.24) is 0 Å². The van der Waals surface area contributed by atoms with Crippen LogP contribution in [0, 0.1) is 50.2 Å². The van der Waals surface area contributed by atoms with Gasteiger partial charge in [0, 0.05) is 5.41 Å². The maximum atomic E-state index is 15.5. The number of carbonyl (C=O) groups is 1. The van der Waals surface area contributed by atoms with Crippen molar-refractivity contribution >= 4 is 5.97 Å². The molecule has 37 atom stereocenters. The standard InChI is InChI=1S/C63H102O32/c1-24-44(90-50-42(79)45(29(70)20-84-50)91-55-48(81)62(83,22-67)23-86-55)39(76)41(78)51(87-24)93-47-35(72)28(69)19-85-54(47)95-56(82)63-13-12-57(2,3)14-26(63)25-8-9-33-58(4)15-27(68)49(59(5,21-66)32(58)10-11-60(33,6)61(25,7)16-34(63)71)94-53-43(80)46(37(74)31(18-65)89-53)92-52-40(77)38(75)36(73)30(17-64)88-52/h8,24,26-55,64-81,83H,9-23H2,1-7H3. The molecule has 0 aromatic carbocycles. The molecule has 0 aromatic rings.